The zero-order valence-corrected chi connectivity index (χ0v) is 13.7. The van der Waals surface area contributed by atoms with Gasteiger partial charge in [-0.1, -0.05) is 25.1 Å². The number of benzene rings is 1. The molecule has 1 aromatic heterocycles. The van der Waals surface area contributed by atoms with E-state index in [1.54, 1.807) is 0 Å². The summed E-state index contributed by atoms with van der Waals surface area (Å²) in [6, 6.07) is 7.90. The van der Waals surface area contributed by atoms with Crippen LogP contribution in [0.25, 0.3) is 0 Å². The first kappa shape index (κ1) is 17.1. The van der Waals surface area contributed by atoms with Gasteiger partial charge < -0.3 is 16.2 Å². The highest BCUT2D eigenvalue weighted by atomic mass is 16.3. The maximum Gasteiger partial charge on any atom is 0.232 e. The molecule has 1 aromatic carbocycles. The molecular weight excluding hydrogens is 292 g/mol. The third kappa shape index (κ3) is 5.15. The zero-order valence-electron chi connectivity index (χ0n) is 13.7. The van der Waals surface area contributed by atoms with E-state index in [2.05, 4.69) is 32.1 Å². The number of aryl methyl sites for hydroxylation is 1. The maximum atomic E-state index is 9.14. The van der Waals surface area contributed by atoms with E-state index in [1.807, 2.05) is 31.2 Å². The molecule has 0 fully saturated rings. The SMILES string of the molecule is CCCN(CCO)Cc1nc(N)nc(Nc2ccccc2C)n1. The zero-order chi connectivity index (χ0) is 16.7. The molecule has 7 heteroatoms. The minimum absolute atomic E-state index is 0.106. The number of hydrogen-bond donors (Lipinski definition) is 3. The molecule has 0 aliphatic carbocycles. The Morgan fingerprint density at radius 1 is 1.17 bits per heavy atom. The van der Waals surface area contributed by atoms with Gasteiger partial charge in [-0.25, -0.2) is 0 Å². The normalized spacial score (nSPS) is 11.0. The van der Waals surface area contributed by atoms with Crippen LogP contribution in [0.15, 0.2) is 24.3 Å². The molecular formula is C16H24N6O. The molecule has 0 atom stereocenters. The summed E-state index contributed by atoms with van der Waals surface area (Å²) in [5, 5.41) is 12.3. The molecule has 7 nitrogen and oxygen atoms in total. The van der Waals surface area contributed by atoms with E-state index in [0.717, 1.165) is 24.2 Å². The first-order chi connectivity index (χ1) is 11.1. The van der Waals surface area contributed by atoms with Gasteiger partial charge >= 0.3 is 0 Å². The summed E-state index contributed by atoms with van der Waals surface area (Å²) in [5.74, 6) is 1.21. The van der Waals surface area contributed by atoms with Crippen molar-refractivity contribution in [3.8, 4) is 0 Å². The Hall–Kier alpha value is -2.25. The lowest BCUT2D eigenvalue weighted by atomic mass is 10.2. The number of para-hydroxylation sites is 1. The average molecular weight is 316 g/mol. The highest BCUT2D eigenvalue weighted by molar-refractivity contribution is 5.58. The fraction of sp³-hybridized carbons (Fsp3) is 0.438. The molecule has 0 unspecified atom stereocenters. The molecule has 0 saturated heterocycles. The van der Waals surface area contributed by atoms with Gasteiger partial charge in [0.05, 0.1) is 13.2 Å². The number of nitrogens with zero attached hydrogens (tertiary/aromatic N) is 4. The van der Waals surface area contributed by atoms with E-state index in [0.29, 0.717) is 24.9 Å². The molecule has 124 valence electrons. The Morgan fingerprint density at radius 3 is 2.65 bits per heavy atom. The fourth-order valence-corrected chi connectivity index (χ4v) is 2.33. The second-order valence-corrected chi connectivity index (χ2v) is 5.37. The van der Waals surface area contributed by atoms with Crippen molar-refractivity contribution in [1.82, 2.24) is 19.9 Å². The molecule has 4 N–H and O–H groups in total. The molecule has 0 radical (unpaired) electrons. The Labute approximate surface area is 136 Å². The van der Waals surface area contributed by atoms with Gasteiger partial charge in [0.25, 0.3) is 0 Å². The second kappa shape index (κ2) is 8.40. The van der Waals surface area contributed by atoms with Gasteiger partial charge in [0, 0.05) is 12.2 Å². The molecule has 0 bridgehead atoms. The first-order valence-corrected chi connectivity index (χ1v) is 7.78. The van der Waals surface area contributed by atoms with Crippen LogP contribution in [0.4, 0.5) is 17.6 Å². The van der Waals surface area contributed by atoms with Crippen LogP contribution >= 0.6 is 0 Å². The summed E-state index contributed by atoms with van der Waals surface area (Å²) in [6.45, 7) is 6.19. The summed E-state index contributed by atoms with van der Waals surface area (Å²) in [4.78, 5) is 14.9. The van der Waals surface area contributed by atoms with E-state index in [-0.39, 0.29) is 12.6 Å². The fourth-order valence-electron chi connectivity index (χ4n) is 2.33. The average Bonchev–Trinajstić information content (AvgIpc) is 2.49. The van der Waals surface area contributed by atoms with Crippen molar-refractivity contribution in [2.24, 2.45) is 0 Å². The van der Waals surface area contributed by atoms with Crippen LogP contribution in [0.3, 0.4) is 0 Å². The molecule has 2 aromatic rings. The summed E-state index contributed by atoms with van der Waals surface area (Å²) in [7, 11) is 0. The van der Waals surface area contributed by atoms with Crippen molar-refractivity contribution in [2.75, 3.05) is 30.7 Å². The number of aliphatic hydroxyl groups excluding tert-OH is 1. The van der Waals surface area contributed by atoms with Crippen LogP contribution in [-0.4, -0.2) is 44.7 Å². The van der Waals surface area contributed by atoms with Gasteiger partial charge in [-0.05, 0) is 31.5 Å². The van der Waals surface area contributed by atoms with Gasteiger partial charge in [0.1, 0.15) is 5.82 Å². The molecule has 0 spiro atoms. The van der Waals surface area contributed by atoms with Crippen molar-refractivity contribution in [3.63, 3.8) is 0 Å². The van der Waals surface area contributed by atoms with E-state index in [9.17, 15) is 0 Å². The minimum Gasteiger partial charge on any atom is -0.395 e. The van der Waals surface area contributed by atoms with E-state index >= 15 is 0 Å². The summed E-state index contributed by atoms with van der Waals surface area (Å²) in [6.07, 6.45) is 0.995. The van der Waals surface area contributed by atoms with Crippen molar-refractivity contribution in [1.29, 1.82) is 0 Å². The number of aromatic nitrogens is 3. The molecule has 1 heterocycles. The van der Waals surface area contributed by atoms with Gasteiger partial charge in [-0.2, -0.15) is 15.0 Å². The minimum atomic E-state index is 0.106. The lowest BCUT2D eigenvalue weighted by molar-refractivity contribution is 0.187. The number of aliphatic hydroxyl groups is 1. The number of hydrogen-bond acceptors (Lipinski definition) is 7. The molecule has 0 amide bonds. The summed E-state index contributed by atoms with van der Waals surface area (Å²) >= 11 is 0. The number of nitrogens with two attached hydrogens (primary N) is 1. The standard InChI is InChI=1S/C16H24N6O/c1-3-8-22(9-10-23)11-14-19-15(17)21-16(20-14)18-13-7-5-4-6-12(13)2/h4-7,23H,3,8-11H2,1-2H3,(H3,17,18,19,20,21). The third-order valence-corrected chi connectivity index (χ3v) is 3.41. The van der Waals surface area contributed by atoms with Gasteiger partial charge in [-0.15, -0.1) is 0 Å². The molecule has 0 aliphatic heterocycles. The predicted molar refractivity (Wildman–Crippen MR) is 91.4 cm³/mol. The first-order valence-electron chi connectivity index (χ1n) is 7.78. The molecule has 2 rings (SSSR count). The predicted octanol–water partition coefficient (Wildman–Crippen LogP) is 1.71. The van der Waals surface area contributed by atoms with Crippen LogP contribution in [-0.2, 0) is 6.54 Å². The van der Waals surface area contributed by atoms with Crippen LogP contribution < -0.4 is 11.1 Å². The van der Waals surface area contributed by atoms with E-state index < -0.39 is 0 Å². The quantitative estimate of drug-likeness (QED) is 0.681. The summed E-state index contributed by atoms with van der Waals surface area (Å²) in [5.41, 5.74) is 7.84. The van der Waals surface area contributed by atoms with Gasteiger partial charge in [-0.3, -0.25) is 4.90 Å². The highest BCUT2D eigenvalue weighted by Gasteiger charge is 2.10. The lowest BCUT2D eigenvalue weighted by Gasteiger charge is -2.19. The number of nitrogens with one attached hydrogen (secondary N) is 1. The topological polar surface area (TPSA) is 100 Å². The van der Waals surface area contributed by atoms with Crippen LogP contribution in [0.2, 0.25) is 0 Å². The second-order valence-electron chi connectivity index (χ2n) is 5.37. The van der Waals surface area contributed by atoms with E-state index in [4.69, 9.17) is 10.8 Å². The van der Waals surface area contributed by atoms with Gasteiger partial charge in [0.15, 0.2) is 0 Å². The van der Waals surface area contributed by atoms with E-state index in [1.165, 1.54) is 0 Å². The number of nitrogen functional groups attached to an aromatic ring is 1. The monoisotopic (exact) mass is 316 g/mol. The Kier molecular flexibility index (Phi) is 6.25. The van der Waals surface area contributed by atoms with Gasteiger partial charge in [0.2, 0.25) is 11.9 Å². The Balaban J connectivity index is 2.16. The molecule has 23 heavy (non-hydrogen) atoms. The highest BCUT2D eigenvalue weighted by Crippen LogP contribution is 2.18. The van der Waals surface area contributed by atoms with Crippen molar-refractivity contribution >= 4 is 17.6 Å². The van der Waals surface area contributed by atoms with Crippen molar-refractivity contribution < 1.29 is 5.11 Å². The largest absolute Gasteiger partial charge is 0.395 e. The smallest absolute Gasteiger partial charge is 0.232 e. The van der Waals surface area contributed by atoms with Crippen molar-refractivity contribution in [3.05, 3.63) is 35.7 Å². The lowest BCUT2D eigenvalue weighted by Crippen LogP contribution is -2.28. The van der Waals surface area contributed by atoms with Crippen LogP contribution in [0.5, 0.6) is 0 Å². The number of rotatable bonds is 8. The number of anilines is 3. The Bertz CT molecular complexity index is 628. The van der Waals surface area contributed by atoms with Crippen LogP contribution in [0, 0.1) is 6.92 Å². The molecule has 0 saturated carbocycles. The summed E-state index contributed by atoms with van der Waals surface area (Å²) < 4.78 is 0. The maximum absolute atomic E-state index is 9.14. The van der Waals surface area contributed by atoms with Crippen molar-refractivity contribution in [2.45, 2.75) is 26.8 Å². The Morgan fingerprint density at radius 2 is 1.96 bits per heavy atom. The third-order valence-electron chi connectivity index (χ3n) is 3.41. The molecule has 0 aliphatic rings. The van der Waals surface area contributed by atoms with Crippen LogP contribution in [0.1, 0.15) is 24.7 Å².